The van der Waals surface area contributed by atoms with Crippen LogP contribution in [-0.2, 0) is 0 Å². The molecule has 0 aromatic rings. The van der Waals surface area contributed by atoms with Crippen LogP contribution in [0.5, 0.6) is 0 Å². The van der Waals surface area contributed by atoms with Crippen molar-refractivity contribution in [3.8, 4) is 0 Å². The van der Waals surface area contributed by atoms with E-state index in [0.29, 0.717) is 19.0 Å². The zero-order chi connectivity index (χ0) is 11.7. The number of carbonyl (C=O) groups excluding carboxylic acids is 1. The van der Waals surface area contributed by atoms with Gasteiger partial charge in [-0.2, -0.15) is 0 Å². The number of rotatable bonds is 3. The number of urea groups is 1. The van der Waals surface area contributed by atoms with Crippen molar-refractivity contribution in [1.29, 1.82) is 0 Å². The minimum absolute atomic E-state index is 0.00843. The zero-order valence-electron chi connectivity index (χ0n) is 10.0. The third-order valence-corrected chi connectivity index (χ3v) is 3.13. The number of β-amino-alcohol motifs (C(OH)–C–C–N with tert-alkyl or cyclic N) is 1. The molecule has 0 radical (unpaired) electrons. The van der Waals surface area contributed by atoms with Gasteiger partial charge in [0, 0.05) is 25.2 Å². The Bertz CT molecular complexity index is 266. The van der Waals surface area contributed by atoms with Gasteiger partial charge in [0.05, 0.1) is 6.10 Å². The first-order valence-electron chi connectivity index (χ1n) is 5.96. The number of amides is 2. The average molecular weight is 227 g/mol. The fourth-order valence-corrected chi connectivity index (χ4v) is 2.22. The minimum atomic E-state index is -0.366. The highest BCUT2D eigenvalue weighted by molar-refractivity contribution is 5.75. The largest absolute Gasteiger partial charge is 0.391 e. The van der Waals surface area contributed by atoms with Crippen LogP contribution in [0.3, 0.4) is 0 Å². The lowest BCUT2D eigenvalue weighted by molar-refractivity contribution is 0.166. The molecule has 2 aliphatic rings. The van der Waals surface area contributed by atoms with Gasteiger partial charge < -0.3 is 20.2 Å². The molecule has 1 aliphatic carbocycles. The van der Waals surface area contributed by atoms with Crippen molar-refractivity contribution in [3.05, 3.63) is 0 Å². The van der Waals surface area contributed by atoms with Crippen molar-refractivity contribution in [2.75, 3.05) is 27.2 Å². The van der Waals surface area contributed by atoms with Gasteiger partial charge in [-0.05, 0) is 33.4 Å². The smallest absolute Gasteiger partial charge is 0.318 e. The van der Waals surface area contributed by atoms with Crippen molar-refractivity contribution in [3.63, 3.8) is 0 Å². The summed E-state index contributed by atoms with van der Waals surface area (Å²) in [4.78, 5) is 15.8. The molecule has 2 N–H and O–H groups in total. The summed E-state index contributed by atoms with van der Waals surface area (Å²) >= 11 is 0. The predicted molar refractivity (Wildman–Crippen MR) is 61.2 cm³/mol. The van der Waals surface area contributed by atoms with E-state index in [-0.39, 0.29) is 18.2 Å². The first kappa shape index (κ1) is 11.7. The molecule has 2 amide bonds. The van der Waals surface area contributed by atoms with Crippen molar-refractivity contribution < 1.29 is 9.90 Å². The normalized spacial score (nSPS) is 29.9. The highest BCUT2D eigenvalue weighted by Crippen LogP contribution is 2.22. The van der Waals surface area contributed by atoms with E-state index < -0.39 is 0 Å². The molecule has 1 heterocycles. The molecule has 1 saturated carbocycles. The molecule has 2 atom stereocenters. The Morgan fingerprint density at radius 1 is 1.50 bits per heavy atom. The molecule has 0 aromatic heterocycles. The van der Waals surface area contributed by atoms with Crippen molar-refractivity contribution in [2.45, 2.75) is 37.5 Å². The van der Waals surface area contributed by atoms with Gasteiger partial charge in [0.1, 0.15) is 0 Å². The van der Waals surface area contributed by atoms with Crippen LogP contribution in [0.1, 0.15) is 19.3 Å². The van der Waals surface area contributed by atoms with Crippen LogP contribution in [0.15, 0.2) is 0 Å². The molecule has 2 unspecified atom stereocenters. The van der Waals surface area contributed by atoms with Crippen molar-refractivity contribution in [1.82, 2.24) is 15.1 Å². The molecule has 0 aromatic carbocycles. The topological polar surface area (TPSA) is 55.8 Å². The lowest BCUT2D eigenvalue weighted by Gasteiger charge is -2.26. The number of hydrogen-bond donors (Lipinski definition) is 2. The Hall–Kier alpha value is -0.810. The number of hydrogen-bond acceptors (Lipinski definition) is 3. The quantitative estimate of drug-likeness (QED) is 0.705. The van der Waals surface area contributed by atoms with Gasteiger partial charge in [0.15, 0.2) is 0 Å². The maximum atomic E-state index is 11.9. The maximum Gasteiger partial charge on any atom is 0.318 e. The predicted octanol–water partition coefficient (Wildman–Crippen LogP) is -0.145. The van der Waals surface area contributed by atoms with Crippen LogP contribution in [0.2, 0.25) is 0 Å². The van der Waals surface area contributed by atoms with E-state index in [4.69, 9.17) is 0 Å². The molecule has 0 spiro atoms. The Labute approximate surface area is 96.4 Å². The molecule has 1 aliphatic heterocycles. The Morgan fingerprint density at radius 2 is 2.19 bits per heavy atom. The molecule has 1 saturated heterocycles. The van der Waals surface area contributed by atoms with Crippen molar-refractivity contribution in [2.24, 2.45) is 0 Å². The van der Waals surface area contributed by atoms with Crippen LogP contribution in [0.25, 0.3) is 0 Å². The molecule has 2 rings (SSSR count). The number of nitrogens with one attached hydrogen (secondary N) is 1. The maximum absolute atomic E-state index is 11.9. The summed E-state index contributed by atoms with van der Waals surface area (Å²) in [5.74, 6) is 0. The fourth-order valence-electron chi connectivity index (χ4n) is 2.22. The first-order valence-corrected chi connectivity index (χ1v) is 5.96. The van der Waals surface area contributed by atoms with E-state index in [1.165, 1.54) is 0 Å². The number of likely N-dealkylation sites (tertiary alicyclic amines) is 1. The lowest BCUT2D eigenvalue weighted by Crippen LogP contribution is -2.47. The second kappa shape index (κ2) is 4.59. The molecule has 16 heavy (non-hydrogen) atoms. The van der Waals surface area contributed by atoms with Crippen LogP contribution in [0, 0.1) is 0 Å². The molecule has 2 fully saturated rings. The van der Waals surface area contributed by atoms with E-state index in [0.717, 1.165) is 19.4 Å². The Morgan fingerprint density at radius 3 is 2.75 bits per heavy atom. The second-order valence-electron chi connectivity index (χ2n) is 5.18. The summed E-state index contributed by atoms with van der Waals surface area (Å²) in [6, 6.07) is 0.514. The summed E-state index contributed by atoms with van der Waals surface area (Å²) in [6.07, 6.45) is 2.52. The third kappa shape index (κ3) is 2.86. The van der Waals surface area contributed by atoms with Crippen LogP contribution in [0.4, 0.5) is 4.79 Å². The van der Waals surface area contributed by atoms with Gasteiger partial charge in [-0.3, -0.25) is 0 Å². The first-order chi connectivity index (χ1) is 7.56. The number of likely N-dealkylation sites (N-methyl/N-ethyl adjacent to an activating group) is 1. The lowest BCUT2D eigenvalue weighted by atomic mass is 10.2. The second-order valence-corrected chi connectivity index (χ2v) is 5.18. The van der Waals surface area contributed by atoms with E-state index in [1.54, 1.807) is 4.90 Å². The van der Waals surface area contributed by atoms with Crippen LogP contribution < -0.4 is 5.32 Å². The van der Waals surface area contributed by atoms with E-state index in [9.17, 15) is 9.90 Å². The molecule has 5 nitrogen and oxygen atoms in total. The van der Waals surface area contributed by atoms with E-state index in [2.05, 4.69) is 10.2 Å². The van der Waals surface area contributed by atoms with Gasteiger partial charge in [0.2, 0.25) is 0 Å². The Balaban J connectivity index is 1.91. The molecular weight excluding hydrogens is 206 g/mol. The zero-order valence-corrected chi connectivity index (χ0v) is 10.0. The molecule has 5 heteroatoms. The SMILES string of the molecule is CN(C)CC1CC(O)CN1C(=O)NC1CC1. The highest BCUT2D eigenvalue weighted by Gasteiger charge is 2.36. The average Bonchev–Trinajstić information content (AvgIpc) is 2.89. The number of aliphatic hydroxyl groups is 1. The minimum Gasteiger partial charge on any atom is -0.391 e. The van der Waals surface area contributed by atoms with Crippen LogP contribution >= 0.6 is 0 Å². The monoisotopic (exact) mass is 227 g/mol. The fraction of sp³-hybridized carbons (Fsp3) is 0.909. The van der Waals surface area contributed by atoms with Gasteiger partial charge in [0.25, 0.3) is 0 Å². The summed E-state index contributed by atoms with van der Waals surface area (Å²) in [5.41, 5.74) is 0. The van der Waals surface area contributed by atoms with Crippen molar-refractivity contribution >= 4 is 6.03 Å². The highest BCUT2D eigenvalue weighted by atomic mass is 16.3. The summed E-state index contributed by atoms with van der Waals surface area (Å²) in [5, 5.41) is 12.6. The van der Waals surface area contributed by atoms with Gasteiger partial charge in [-0.25, -0.2) is 4.79 Å². The number of aliphatic hydroxyl groups excluding tert-OH is 1. The van der Waals surface area contributed by atoms with E-state index in [1.807, 2.05) is 14.1 Å². The van der Waals surface area contributed by atoms with Gasteiger partial charge >= 0.3 is 6.03 Å². The standard InChI is InChI=1S/C11H21N3O2/c1-13(2)6-9-5-10(15)7-14(9)11(16)12-8-3-4-8/h8-10,15H,3-7H2,1-2H3,(H,12,16). The number of nitrogens with zero attached hydrogens (tertiary/aromatic N) is 2. The summed E-state index contributed by atoms with van der Waals surface area (Å²) in [6.45, 7) is 1.28. The molecule has 92 valence electrons. The third-order valence-electron chi connectivity index (χ3n) is 3.13. The van der Waals surface area contributed by atoms with Crippen LogP contribution in [-0.4, -0.2) is 66.3 Å². The molecule has 0 bridgehead atoms. The summed E-state index contributed by atoms with van der Waals surface area (Å²) in [7, 11) is 3.98. The number of carbonyl (C=O) groups is 1. The molecular formula is C11H21N3O2. The van der Waals surface area contributed by atoms with Gasteiger partial charge in [-0.1, -0.05) is 0 Å². The van der Waals surface area contributed by atoms with Gasteiger partial charge in [-0.15, -0.1) is 0 Å². The van der Waals surface area contributed by atoms with E-state index >= 15 is 0 Å². The Kier molecular flexibility index (Phi) is 3.35. The summed E-state index contributed by atoms with van der Waals surface area (Å²) < 4.78 is 0.